The number of ether oxygens (including phenoxy) is 3. The predicted molar refractivity (Wildman–Crippen MR) is 79.3 cm³/mol. The summed E-state index contributed by atoms with van der Waals surface area (Å²) >= 11 is 0. The van der Waals surface area contributed by atoms with Gasteiger partial charge in [0.2, 0.25) is 6.79 Å². The zero-order valence-corrected chi connectivity index (χ0v) is 12.3. The molecule has 2 aromatic carbocycles. The monoisotopic (exact) mass is 318 g/mol. The Bertz CT molecular complexity index is 729. The number of para-hydroxylation sites is 1. The van der Waals surface area contributed by atoms with Gasteiger partial charge in [0, 0.05) is 12.0 Å². The summed E-state index contributed by atoms with van der Waals surface area (Å²) in [5.41, 5.74) is 1.39. The molecule has 0 radical (unpaired) electrons. The van der Waals surface area contributed by atoms with Gasteiger partial charge < -0.3 is 19.3 Å². The zero-order chi connectivity index (χ0) is 16.2. The molecule has 23 heavy (non-hydrogen) atoms. The number of rotatable bonds is 6. The van der Waals surface area contributed by atoms with E-state index in [4.69, 9.17) is 19.3 Å². The summed E-state index contributed by atoms with van der Waals surface area (Å²) in [7, 11) is 0. The minimum atomic E-state index is -0.911. The van der Waals surface area contributed by atoms with Crippen LogP contribution in [0.3, 0.4) is 0 Å². The molecule has 0 saturated carbocycles. The molecule has 0 aliphatic carbocycles. The number of aliphatic carboxylic acids is 1. The van der Waals surface area contributed by atoms with Crippen molar-refractivity contribution in [2.24, 2.45) is 0 Å². The molecule has 6 heteroatoms. The first-order valence-electron chi connectivity index (χ1n) is 7.14. The second-order valence-corrected chi connectivity index (χ2v) is 5.10. The second-order valence-electron chi connectivity index (χ2n) is 5.10. The van der Waals surface area contributed by atoms with Crippen LogP contribution in [-0.2, 0) is 17.8 Å². The van der Waals surface area contributed by atoms with Crippen LogP contribution < -0.4 is 14.2 Å². The van der Waals surface area contributed by atoms with E-state index in [1.165, 1.54) is 12.1 Å². The third-order valence-electron chi connectivity index (χ3n) is 3.49. The topological polar surface area (TPSA) is 65.0 Å². The highest BCUT2D eigenvalue weighted by Gasteiger charge is 2.17. The zero-order valence-electron chi connectivity index (χ0n) is 12.3. The van der Waals surface area contributed by atoms with Gasteiger partial charge in [-0.3, -0.25) is 4.79 Å². The summed E-state index contributed by atoms with van der Waals surface area (Å²) in [5, 5.41) is 8.65. The lowest BCUT2D eigenvalue weighted by atomic mass is 10.1. The third-order valence-corrected chi connectivity index (χ3v) is 3.49. The molecule has 2 aromatic rings. The van der Waals surface area contributed by atoms with Crippen molar-refractivity contribution in [1.82, 2.24) is 0 Å². The van der Waals surface area contributed by atoms with Gasteiger partial charge in [0.05, 0.1) is 0 Å². The molecule has 1 aliphatic rings. The first-order chi connectivity index (χ1) is 11.1. The SMILES string of the molecule is O=C(O)CCc1ccc(OCc2cccc3c2OCO3)c(F)c1. The van der Waals surface area contributed by atoms with Crippen LogP contribution in [0.1, 0.15) is 17.5 Å². The average Bonchev–Trinajstić information content (AvgIpc) is 3.01. The standard InChI is InChI=1S/C17H15FO5/c18-13-8-11(5-7-16(19)20)4-6-14(13)21-9-12-2-1-3-15-17(12)23-10-22-15/h1-4,6,8H,5,7,9-10H2,(H,19,20). The first-order valence-corrected chi connectivity index (χ1v) is 7.14. The number of hydrogen-bond acceptors (Lipinski definition) is 4. The van der Waals surface area contributed by atoms with Crippen molar-refractivity contribution in [3.8, 4) is 17.2 Å². The van der Waals surface area contributed by atoms with E-state index < -0.39 is 11.8 Å². The van der Waals surface area contributed by atoms with Crippen LogP contribution in [0.4, 0.5) is 4.39 Å². The number of halogens is 1. The fourth-order valence-corrected chi connectivity index (χ4v) is 2.33. The van der Waals surface area contributed by atoms with Crippen molar-refractivity contribution in [3.05, 3.63) is 53.3 Å². The number of carbonyl (C=O) groups is 1. The molecule has 0 amide bonds. The van der Waals surface area contributed by atoms with Gasteiger partial charge >= 0.3 is 5.97 Å². The van der Waals surface area contributed by atoms with Crippen molar-refractivity contribution in [2.45, 2.75) is 19.4 Å². The molecule has 0 aromatic heterocycles. The maximum atomic E-state index is 14.0. The van der Waals surface area contributed by atoms with Crippen LogP contribution in [-0.4, -0.2) is 17.9 Å². The van der Waals surface area contributed by atoms with Crippen LogP contribution in [0.5, 0.6) is 17.2 Å². The number of carboxylic acid groups (broad SMARTS) is 1. The van der Waals surface area contributed by atoms with E-state index in [2.05, 4.69) is 0 Å². The molecule has 1 N–H and O–H groups in total. The van der Waals surface area contributed by atoms with E-state index in [0.717, 1.165) is 5.56 Å². The number of aryl methyl sites for hydroxylation is 1. The van der Waals surface area contributed by atoms with Crippen LogP contribution in [0.2, 0.25) is 0 Å². The normalized spacial score (nSPS) is 12.2. The molecule has 0 saturated heterocycles. The van der Waals surface area contributed by atoms with Gasteiger partial charge in [-0.2, -0.15) is 0 Å². The number of carboxylic acids is 1. The van der Waals surface area contributed by atoms with Crippen molar-refractivity contribution in [3.63, 3.8) is 0 Å². The molecule has 5 nitrogen and oxygen atoms in total. The average molecular weight is 318 g/mol. The summed E-state index contributed by atoms with van der Waals surface area (Å²) in [5.74, 6) is -0.0503. The van der Waals surface area contributed by atoms with Gasteiger partial charge in [0.25, 0.3) is 0 Å². The number of hydrogen-bond donors (Lipinski definition) is 1. The Morgan fingerprint density at radius 3 is 2.91 bits per heavy atom. The van der Waals surface area contributed by atoms with Crippen LogP contribution in [0.15, 0.2) is 36.4 Å². The van der Waals surface area contributed by atoms with Crippen molar-refractivity contribution in [2.75, 3.05) is 6.79 Å². The molecule has 0 atom stereocenters. The largest absolute Gasteiger partial charge is 0.486 e. The summed E-state index contributed by atoms with van der Waals surface area (Å²) in [6.07, 6.45) is 0.247. The predicted octanol–water partition coefficient (Wildman–Crippen LogP) is 3.15. The summed E-state index contributed by atoms with van der Waals surface area (Å²) in [6.45, 7) is 0.316. The Balaban J connectivity index is 1.67. The Kier molecular flexibility index (Phi) is 4.32. The molecule has 1 heterocycles. The van der Waals surface area contributed by atoms with Gasteiger partial charge in [-0.1, -0.05) is 18.2 Å². The molecule has 0 spiro atoms. The minimum absolute atomic E-state index is 0.0346. The Morgan fingerprint density at radius 2 is 2.13 bits per heavy atom. The van der Waals surface area contributed by atoms with E-state index in [0.29, 0.717) is 17.1 Å². The quantitative estimate of drug-likeness (QED) is 0.886. The molecule has 1 aliphatic heterocycles. The third kappa shape index (κ3) is 3.53. The molecule has 3 rings (SSSR count). The maximum Gasteiger partial charge on any atom is 0.303 e. The highest BCUT2D eigenvalue weighted by molar-refractivity contribution is 5.67. The van der Waals surface area contributed by atoms with Crippen LogP contribution in [0.25, 0.3) is 0 Å². The highest BCUT2D eigenvalue weighted by atomic mass is 19.1. The molecule has 0 bridgehead atoms. The molecule has 120 valence electrons. The Morgan fingerprint density at radius 1 is 1.26 bits per heavy atom. The smallest absolute Gasteiger partial charge is 0.303 e. The molecular weight excluding hydrogens is 303 g/mol. The van der Waals surface area contributed by atoms with E-state index >= 15 is 0 Å². The van der Waals surface area contributed by atoms with Gasteiger partial charge in [0.15, 0.2) is 23.1 Å². The Labute approximate surface area is 132 Å². The first kappa shape index (κ1) is 15.1. The van der Waals surface area contributed by atoms with Gasteiger partial charge in [-0.05, 0) is 30.2 Å². The van der Waals surface area contributed by atoms with Crippen molar-refractivity contribution >= 4 is 5.97 Å². The molecule has 0 fully saturated rings. The summed E-state index contributed by atoms with van der Waals surface area (Å²) < 4.78 is 30.2. The Hall–Kier alpha value is -2.76. The van der Waals surface area contributed by atoms with E-state index in [9.17, 15) is 9.18 Å². The summed E-state index contributed by atoms with van der Waals surface area (Å²) in [4.78, 5) is 10.5. The van der Waals surface area contributed by atoms with E-state index in [1.54, 1.807) is 12.1 Å². The fraction of sp³-hybridized carbons (Fsp3) is 0.235. The lowest BCUT2D eigenvalue weighted by Crippen LogP contribution is -2.01. The minimum Gasteiger partial charge on any atom is -0.486 e. The summed E-state index contributed by atoms with van der Waals surface area (Å²) in [6, 6.07) is 9.91. The second kappa shape index (κ2) is 6.56. The van der Waals surface area contributed by atoms with Gasteiger partial charge in [-0.25, -0.2) is 4.39 Å². The highest BCUT2D eigenvalue weighted by Crippen LogP contribution is 2.36. The lowest BCUT2D eigenvalue weighted by Gasteiger charge is -2.10. The van der Waals surface area contributed by atoms with Crippen molar-refractivity contribution < 1.29 is 28.5 Å². The lowest BCUT2D eigenvalue weighted by molar-refractivity contribution is -0.136. The number of fused-ring (bicyclic) bond motifs is 1. The fourth-order valence-electron chi connectivity index (χ4n) is 2.33. The van der Waals surface area contributed by atoms with Crippen LogP contribution in [0, 0.1) is 5.82 Å². The van der Waals surface area contributed by atoms with E-state index in [1.807, 2.05) is 12.1 Å². The van der Waals surface area contributed by atoms with Gasteiger partial charge in [0.1, 0.15) is 6.61 Å². The van der Waals surface area contributed by atoms with Gasteiger partial charge in [-0.15, -0.1) is 0 Å². The number of benzene rings is 2. The van der Waals surface area contributed by atoms with Crippen molar-refractivity contribution in [1.29, 1.82) is 0 Å². The maximum absolute atomic E-state index is 14.0. The molecular formula is C17H15FO5. The van der Waals surface area contributed by atoms with E-state index in [-0.39, 0.29) is 32.0 Å². The van der Waals surface area contributed by atoms with Crippen LogP contribution >= 0.6 is 0 Å². The molecule has 0 unspecified atom stereocenters.